The fraction of sp³-hybridized carbons (Fsp3) is 0.524. The molecular formula is C21H23BrCl2F3NO5. The highest BCUT2D eigenvalue weighted by Gasteiger charge is 2.71. The first kappa shape index (κ1) is 27.6. The third-order valence-electron chi connectivity index (χ3n) is 5.23. The molecule has 1 aliphatic heterocycles. The van der Waals surface area contributed by atoms with Gasteiger partial charge in [0, 0.05) is 27.5 Å². The number of alkyl halides is 4. The molecule has 3 unspecified atom stereocenters. The van der Waals surface area contributed by atoms with E-state index in [1.807, 2.05) is 0 Å². The second-order valence-electron chi connectivity index (χ2n) is 7.35. The zero-order valence-corrected chi connectivity index (χ0v) is 21.1. The summed E-state index contributed by atoms with van der Waals surface area (Å²) in [7, 11) is 1.74. The van der Waals surface area contributed by atoms with E-state index in [-0.39, 0.29) is 33.7 Å². The van der Waals surface area contributed by atoms with Crippen LogP contribution in [0.25, 0.3) is 0 Å². The number of halogens is 6. The predicted octanol–water partition coefficient (Wildman–Crippen LogP) is 5.40. The van der Waals surface area contributed by atoms with E-state index < -0.39 is 35.5 Å². The van der Waals surface area contributed by atoms with Crippen LogP contribution in [0.5, 0.6) is 5.75 Å². The van der Waals surface area contributed by atoms with Gasteiger partial charge in [0.25, 0.3) is 0 Å². The van der Waals surface area contributed by atoms with E-state index in [2.05, 4.69) is 26.0 Å². The maximum absolute atomic E-state index is 14.5. The number of unbranched alkanes of at least 4 members (excludes halogenated alkanes) is 1. The Balaban J connectivity index is 2.78. The molecule has 1 heterocycles. The summed E-state index contributed by atoms with van der Waals surface area (Å²) in [6, 6.07) is 2.75. The zero-order valence-electron chi connectivity index (χ0n) is 18.0. The van der Waals surface area contributed by atoms with Crippen molar-refractivity contribution >= 4 is 51.1 Å². The number of benzene rings is 1. The summed E-state index contributed by atoms with van der Waals surface area (Å²) < 4.78 is 58.5. The summed E-state index contributed by atoms with van der Waals surface area (Å²) >= 11 is 15.8. The van der Waals surface area contributed by atoms with Gasteiger partial charge in [-0.05, 0) is 31.9 Å². The maximum atomic E-state index is 14.5. The Morgan fingerprint density at radius 2 is 1.85 bits per heavy atom. The molecule has 3 atom stereocenters. The molecule has 0 bridgehead atoms. The lowest BCUT2D eigenvalue weighted by Gasteiger charge is -2.45. The number of carbonyl (C=O) groups excluding carboxylic acids is 2. The van der Waals surface area contributed by atoms with Crippen molar-refractivity contribution in [2.75, 3.05) is 26.2 Å². The molecular weight excluding hydrogens is 554 g/mol. The van der Waals surface area contributed by atoms with Crippen molar-refractivity contribution < 1.29 is 37.0 Å². The van der Waals surface area contributed by atoms with Gasteiger partial charge in [-0.25, -0.2) is 4.79 Å². The van der Waals surface area contributed by atoms with Gasteiger partial charge in [0.2, 0.25) is 5.54 Å². The number of hydrogen-bond acceptors (Lipinski definition) is 6. The molecule has 184 valence electrons. The molecule has 12 heteroatoms. The SMILES string of the molecule is COC(=O)C1C(c2cc(Cl)cc(Cl)c2OCCCCBr)C=C(C)NC1(C(=O)OC)C(F)(F)F. The van der Waals surface area contributed by atoms with Gasteiger partial charge in [-0.15, -0.1) is 0 Å². The number of nitrogens with one attached hydrogen (secondary N) is 1. The van der Waals surface area contributed by atoms with E-state index in [0.29, 0.717) is 6.42 Å². The van der Waals surface area contributed by atoms with Crippen molar-refractivity contribution in [3.05, 3.63) is 39.5 Å². The van der Waals surface area contributed by atoms with Crippen LogP contribution >= 0.6 is 39.1 Å². The van der Waals surface area contributed by atoms with Crippen molar-refractivity contribution in [3.63, 3.8) is 0 Å². The van der Waals surface area contributed by atoms with Crippen LogP contribution in [-0.2, 0) is 19.1 Å². The van der Waals surface area contributed by atoms with Gasteiger partial charge < -0.3 is 19.5 Å². The Labute approximate surface area is 207 Å². The molecule has 0 spiro atoms. The Bertz CT molecular complexity index is 928. The number of carbonyl (C=O) groups is 2. The zero-order chi connectivity index (χ0) is 25.0. The smallest absolute Gasteiger partial charge is 0.423 e. The molecule has 0 radical (unpaired) electrons. The number of ether oxygens (including phenoxy) is 3. The Morgan fingerprint density at radius 1 is 1.18 bits per heavy atom. The van der Waals surface area contributed by atoms with Crippen molar-refractivity contribution in [1.82, 2.24) is 5.32 Å². The largest absolute Gasteiger partial charge is 0.492 e. The van der Waals surface area contributed by atoms with Crippen molar-refractivity contribution in [2.45, 2.75) is 37.4 Å². The number of hydrogen-bond donors (Lipinski definition) is 1. The predicted molar refractivity (Wildman–Crippen MR) is 121 cm³/mol. The van der Waals surface area contributed by atoms with Crippen LogP contribution in [0.1, 0.15) is 31.2 Å². The monoisotopic (exact) mass is 575 g/mol. The lowest BCUT2D eigenvalue weighted by Crippen LogP contribution is -2.70. The van der Waals surface area contributed by atoms with Crippen molar-refractivity contribution in [2.24, 2.45) is 5.92 Å². The van der Waals surface area contributed by atoms with Gasteiger partial charge in [0.05, 0.1) is 25.8 Å². The van der Waals surface area contributed by atoms with Crippen molar-refractivity contribution in [3.8, 4) is 5.75 Å². The standard InChI is InChI=1S/C21H23BrCl2F3NO5/c1-11-8-13(14-9-12(23)10-15(24)17(14)33-7-5-4-6-22)16(18(29)31-2)20(28-11,19(30)32-3)21(25,26)27/h8-10,13,16,28H,4-7H2,1-3H3. The molecule has 0 fully saturated rings. The first-order chi connectivity index (χ1) is 15.4. The molecule has 0 aromatic heterocycles. The van der Waals surface area contributed by atoms with Crippen LogP contribution in [0.15, 0.2) is 23.9 Å². The molecule has 0 aliphatic carbocycles. The second-order valence-corrected chi connectivity index (χ2v) is 8.99. The molecule has 0 amide bonds. The highest BCUT2D eigenvalue weighted by molar-refractivity contribution is 9.09. The summed E-state index contributed by atoms with van der Waals surface area (Å²) in [5, 5.41) is 3.06. The van der Waals surface area contributed by atoms with Gasteiger partial charge in [-0.3, -0.25) is 4.79 Å². The Morgan fingerprint density at radius 3 is 2.39 bits per heavy atom. The molecule has 33 heavy (non-hydrogen) atoms. The second kappa shape index (κ2) is 11.2. The van der Waals surface area contributed by atoms with E-state index in [0.717, 1.165) is 26.0 Å². The fourth-order valence-electron chi connectivity index (χ4n) is 3.84. The van der Waals surface area contributed by atoms with Crippen molar-refractivity contribution in [1.29, 1.82) is 0 Å². The summed E-state index contributed by atoms with van der Waals surface area (Å²) in [6.07, 6.45) is -2.43. The van der Waals surface area contributed by atoms with Crippen LogP contribution < -0.4 is 10.1 Å². The maximum Gasteiger partial charge on any atom is 0.423 e. The van der Waals surface area contributed by atoms with Crippen LogP contribution in [0.2, 0.25) is 10.0 Å². The van der Waals surface area contributed by atoms with Gasteiger partial charge in [-0.2, -0.15) is 13.2 Å². The molecule has 1 aromatic carbocycles. The molecule has 1 aromatic rings. The average Bonchev–Trinajstić information content (AvgIpc) is 2.74. The molecule has 1 N–H and O–H groups in total. The lowest BCUT2D eigenvalue weighted by atomic mass is 9.69. The van der Waals surface area contributed by atoms with Crippen LogP contribution in [0.4, 0.5) is 13.2 Å². The van der Waals surface area contributed by atoms with Crippen LogP contribution in [0, 0.1) is 5.92 Å². The molecule has 2 rings (SSSR count). The minimum Gasteiger partial charge on any atom is -0.492 e. The highest BCUT2D eigenvalue weighted by atomic mass is 79.9. The molecule has 6 nitrogen and oxygen atoms in total. The number of esters is 2. The average molecular weight is 577 g/mol. The fourth-order valence-corrected chi connectivity index (χ4v) is 4.80. The number of allylic oxidation sites excluding steroid dienone is 2. The molecule has 1 aliphatic rings. The third-order valence-corrected chi connectivity index (χ3v) is 6.29. The molecule has 0 saturated heterocycles. The van der Waals surface area contributed by atoms with E-state index in [9.17, 15) is 22.8 Å². The minimum absolute atomic E-state index is 0.00999. The van der Waals surface area contributed by atoms with Crippen LogP contribution in [0.3, 0.4) is 0 Å². The minimum atomic E-state index is -5.23. The third kappa shape index (κ3) is 5.54. The first-order valence-corrected chi connectivity index (χ1v) is 11.7. The number of methoxy groups -OCH3 is 2. The summed E-state index contributed by atoms with van der Waals surface area (Å²) in [6.45, 7) is 1.56. The normalized spacial score (nSPS) is 22.8. The van der Waals surface area contributed by atoms with Gasteiger partial charge >= 0.3 is 18.1 Å². The first-order valence-electron chi connectivity index (χ1n) is 9.81. The summed E-state index contributed by atoms with van der Waals surface area (Å²) in [5.74, 6) is -6.32. The van der Waals surface area contributed by atoms with Gasteiger partial charge in [0.1, 0.15) is 11.7 Å². The van der Waals surface area contributed by atoms with E-state index in [4.69, 9.17) is 32.7 Å². The Hall–Kier alpha value is -1.65. The lowest BCUT2D eigenvalue weighted by molar-refractivity contribution is -0.228. The van der Waals surface area contributed by atoms with Crippen LogP contribution in [-0.4, -0.2) is 49.8 Å². The molecule has 0 saturated carbocycles. The van der Waals surface area contributed by atoms with Gasteiger partial charge in [-0.1, -0.05) is 45.2 Å². The topological polar surface area (TPSA) is 73.9 Å². The van der Waals surface area contributed by atoms with Gasteiger partial charge in [0.15, 0.2) is 0 Å². The Kier molecular flexibility index (Phi) is 9.35. The summed E-state index contributed by atoms with van der Waals surface area (Å²) in [5.41, 5.74) is -3.32. The quantitative estimate of drug-likeness (QED) is 0.254. The number of rotatable bonds is 8. The van der Waals surface area contributed by atoms with E-state index in [1.54, 1.807) is 0 Å². The van der Waals surface area contributed by atoms with E-state index >= 15 is 0 Å². The summed E-state index contributed by atoms with van der Waals surface area (Å²) in [4.78, 5) is 25.4. The highest BCUT2D eigenvalue weighted by Crippen LogP contribution is 2.51. The van der Waals surface area contributed by atoms with E-state index in [1.165, 1.54) is 25.1 Å².